The molecule has 0 saturated carbocycles. The molecule has 0 aromatic carbocycles. The van der Waals surface area contributed by atoms with E-state index in [1.807, 2.05) is 0 Å². The van der Waals surface area contributed by atoms with Crippen LogP contribution >= 0.6 is 7.60 Å². The zero-order chi connectivity index (χ0) is 16.8. The zero-order valence-corrected chi connectivity index (χ0v) is 12.9. The van der Waals surface area contributed by atoms with E-state index in [1.165, 1.54) is 17.2 Å². The Morgan fingerprint density at radius 1 is 1.43 bits per heavy atom. The molecule has 4 N–H and O–H groups in total. The SMILES string of the molecule is CP(=O)([O-])OC[C@@H]1O[C@H](n2cnc3c(N)ncnc32)C(O)[C@@H]1O. The van der Waals surface area contributed by atoms with Gasteiger partial charge in [-0.15, -0.1) is 0 Å². The molecule has 0 radical (unpaired) electrons. The minimum Gasteiger partial charge on any atom is -0.779 e. The molecule has 2 unspecified atom stereocenters. The molecule has 0 bridgehead atoms. The van der Waals surface area contributed by atoms with Gasteiger partial charge in [0.2, 0.25) is 0 Å². The molecule has 2 aromatic heterocycles. The lowest BCUT2D eigenvalue weighted by atomic mass is 10.1. The van der Waals surface area contributed by atoms with E-state index in [2.05, 4.69) is 19.5 Å². The molecule has 0 aliphatic carbocycles. The number of ether oxygens (including phenoxy) is 1. The molecular weight excluding hydrogens is 329 g/mol. The average molecular weight is 344 g/mol. The smallest absolute Gasteiger partial charge is 0.167 e. The van der Waals surface area contributed by atoms with Gasteiger partial charge in [-0.05, 0) is 0 Å². The van der Waals surface area contributed by atoms with Crippen molar-refractivity contribution < 1.29 is 28.9 Å². The molecule has 1 fully saturated rings. The van der Waals surface area contributed by atoms with E-state index in [0.29, 0.717) is 11.2 Å². The van der Waals surface area contributed by atoms with Crippen LogP contribution in [0.4, 0.5) is 5.82 Å². The van der Waals surface area contributed by atoms with Crippen molar-refractivity contribution in [2.75, 3.05) is 19.0 Å². The Kier molecular flexibility index (Phi) is 4.08. The van der Waals surface area contributed by atoms with E-state index in [-0.39, 0.29) is 5.82 Å². The van der Waals surface area contributed by atoms with Gasteiger partial charge < -0.3 is 34.7 Å². The Bertz CT molecular complexity index is 762. The first-order valence-electron chi connectivity index (χ1n) is 6.65. The number of nitrogen functional groups attached to an aromatic ring is 1. The van der Waals surface area contributed by atoms with Gasteiger partial charge >= 0.3 is 0 Å². The Hall–Kier alpha value is -1.62. The molecule has 126 valence electrons. The number of fused-ring (bicyclic) bond motifs is 1. The third-order valence-electron chi connectivity index (χ3n) is 3.47. The van der Waals surface area contributed by atoms with Gasteiger partial charge in [-0.1, -0.05) is 0 Å². The average Bonchev–Trinajstić information content (AvgIpc) is 3.01. The van der Waals surface area contributed by atoms with Crippen LogP contribution in [-0.2, 0) is 13.8 Å². The third-order valence-corrected chi connectivity index (χ3v) is 4.09. The lowest BCUT2D eigenvalue weighted by Crippen LogP contribution is -2.33. The van der Waals surface area contributed by atoms with Crippen molar-refractivity contribution in [3.63, 3.8) is 0 Å². The topological polar surface area (TPSA) is 169 Å². The first kappa shape index (κ1) is 16.2. The second-order valence-electron chi connectivity index (χ2n) is 5.20. The fraction of sp³-hybridized carbons (Fsp3) is 0.545. The number of hydrogen-bond donors (Lipinski definition) is 3. The third kappa shape index (κ3) is 3.07. The molecule has 12 heteroatoms. The summed E-state index contributed by atoms with van der Waals surface area (Å²) >= 11 is 0. The predicted octanol–water partition coefficient (Wildman–Crippen LogP) is -1.77. The Morgan fingerprint density at radius 2 is 2.17 bits per heavy atom. The van der Waals surface area contributed by atoms with Crippen LogP contribution in [0.3, 0.4) is 0 Å². The van der Waals surface area contributed by atoms with Crippen molar-refractivity contribution >= 4 is 24.6 Å². The molecule has 11 nitrogen and oxygen atoms in total. The van der Waals surface area contributed by atoms with Gasteiger partial charge in [0.15, 0.2) is 17.7 Å². The number of imidazole rings is 1. The second-order valence-corrected chi connectivity index (χ2v) is 7.00. The van der Waals surface area contributed by atoms with Gasteiger partial charge in [0.1, 0.15) is 37.8 Å². The number of nitrogens with two attached hydrogens (primary N) is 1. The number of nitrogens with zero attached hydrogens (tertiary/aromatic N) is 4. The second kappa shape index (κ2) is 5.78. The van der Waals surface area contributed by atoms with E-state index in [9.17, 15) is 19.7 Å². The van der Waals surface area contributed by atoms with Crippen molar-refractivity contribution in [2.45, 2.75) is 24.5 Å². The standard InChI is InChI=1S/C11H16N5O6P/c1-23(19,20)21-2-5-7(17)8(18)11(22-5)16-4-15-6-9(12)13-3-14-10(6)16/h3-5,7-8,11,17-18H,2H2,1H3,(H,19,20)(H2,12,13,14)/p-1/t5-,7+,8?,11-/m0/s1. The summed E-state index contributed by atoms with van der Waals surface area (Å²) in [5.74, 6) is 0.167. The number of aliphatic hydroxyl groups is 2. The molecule has 5 atom stereocenters. The van der Waals surface area contributed by atoms with Crippen LogP contribution in [0, 0.1) is 0 Å². The van der Waals surface area contributed by atoms with Crippen LogP contribution in [-0.4, -0.2) is 61.3 Å². The molecule has 1 aliphatic heterocycles. The van der Waals surface area contributed by atoms with E-state index < -0.39 is 38.7 Å². The van der Waals surface area contributed by atoms with Crippen LogP contribution in [0.2, 0.25) is 0 Å². The normalized spacial score (nSPS) is 30.6. The van der Waals surface area contributed by atoms with Crippen LogP contribution in [0.15, 0.2) is 12.7 Å². The summed E-state index contributed by atoms with van der Waals surface area (Å²) in [5, 5.41) is 20.2. The van der Waals surface area contributed by atoms with Crippen LogP contribution < -0.4 is 10.6 Å². The fourth-order valence-electron chi connectivity index (χ4n) is 2.36. The molecule has 2 aromatic rings. The van der Waals surface area contributed by atoms with Crippen molar-refractivity contribution in [2.24, 2.45) is 0 Å². The first-order valence-corrected chi connectivity index (χ1v) is 8.64. The summed E-state index contributed by atoms with van der Waals surface area (Å²) in [6, 6.07) is 0. The van der Waals surface area contributed by atoms with E-state index in [4.69, 9.17) is 10.5 Å². The fourth-order valence-corrected chi connectivity index (χ4v) is 2.78. The van der Waals surface area contributed by atoms with E-state index >= 15 is 0 Å². The molecule has 1 aliphatic rings. The highest BCUT2D eigenvalue weighted by atomic mass is 31.2. The zero-order valence-electron chi connectivity index (χ0n) is 12.0. The van der Waals surface area contributed by atoms with Crippen molar-refractivity contribution in [1.82, 2.24) is 19.5 Å². The van der Waals surface area contributed by atoms with Gasteiger partial charge in [0.05, 0.1) is 12.9 Å². The Morgan fingerprint density at radius 3 is 2.87 bits per heavy atom. The minimum atomic E-state index is -3.97. The summed E-state index contributed by atoms with van der Waals surface area (Å²) in [4.78, 5) is 22.9. The van der Waals surface area contributed by atoms with Gasteiger partial charge in [0.25, 0.3) is 0 Å². The number of anilines is 1. The lowest BCUT2D eigenvalue weighted by Gasteiger charge is -2.21. The summed E-state index contributed by atoms with van der Waals surface area (Å²) in [7, 11) is -3.97. The summed E-state index contributed by atoms with van der Waals surface area (Å²) in [5.41, 5.74) is 6.34. The number of rotatable bonds is 4. The molecular formula is C11H15N5O6P-. The van der Waals surface area contributed by atoms with Gasteiger partial charge in [0, 0.05) is 6.66 Å². The van der Waals surface area contributed by atoms with Crippen molar-refractivity contribution in [1.29, 1.82) is 0 Å². The predicted molar refractivity (Wildman–Crippen MR) is 75.1 cm³/mol. The van der Waals surface area contributed by atoms with Gasteiger partial charge in [-0.25, -0.2) is 15.0 Å². The summed E-state index contributed by atoms with van der Waals surface area (Å²) in [6.45, 7) is 0.501. The van der Waals surface area contributed by atoms with Crippen molar-refractivity contribution in [3.8, 4) is 0 Å². The summed E-state index contributed by atoms with van der Waals surface area (Å²) in [6.07, 6.45) is -2.10. The maximum Gasteiger partial charge on any atom is 0.167 e. The van der Waals surface area contributed by atoms with E-state index in [0.717, 1.165) is 6.66 Å². The Balaban J connectivity index is 1.85. The number of hydrogen-bond acceptors (Lipinski definition) is 10. The number of aromatic nitrogens is 4. The highest BCUT2D eigenvalue weighted by Crippen LogP contribution is 2.36. The molecule has 1 saturated heterocycles. The molecule has 0 amide bonds. The molecule has 3 heterocycles. The van der Waals surface area contributed by atoms with Crippen LogP contribution in [0.25, 0.3) is 11.2 Å². The highest BCUT2D eigenvalue weighted by molar-refractivity contribution is 7.50. The molecule has 23 heavy (non-hydrogen) atoms. The largest absolute Gasteiger partial charge is 0.779 e. The lowest BCUT2D eigenvalue weighted by molar-refractivity contribution is -0.199. The monoisotopic (exact) mass is 344 g/mol. The Labute approximate surface area is 130 Å². The first-order chi connectivity index (χ1) is 10.8. The van der Waals surface area contributed by atoms with Crippen LogP contribution in [0.1, 0.15) is 6.23 Å². The van der Waals surface area contributed by atoms with E-state index in [1.54, 1.807) is 0 Å². The maximum atomic E-state index is 11.1. The van der Waals surface area contributed by atoms with Crippen LogP contribution in [0.5, 0.6) is 0 Å². The minimum absolute atomic E-state index is 0.167. The van der Waals surface area contributed by atoms with Gasteiger partial charge in [-0.2, -0.15) is 0 Å². The quantitative estimate of drug-likeness (QED) is 0.539. The summed E-state index contributed by atoms with van der Waals surface area (Å²) < 4.78 is 22.6. The highest BCUT2D eigenvalue weighted by Gasteiger charge is 2.44. The van der Waals surface area contributed by atoms with Gasteiger partial charge in [-0.3, -0.25) is 4.57 Å². The van der Waals surface area contributed by atoms with Crippen molar-refractivity contribution in [3.05, 3.63) is 12.7 Å². The molecule has 3 rings (SSSR count). The number of aliphatic hydroxyl groups excluding tert-OH is 2. The maximum absolute atomic E-state index is 11.1. The molecule has 0 spiro atoms.